The highest BCUT2D eigenvalue weighted by Gasteiger charge is 2.53. The van der Waals surface area contributed by atoms with E-state index in [0.29, 0.717) is 22.7 Å². The third-order valence-corrected chi connectivity index (χ3v) is 7.40. The highest BCUT2D eigenvalue weighted by molar-refractivity contribution is 6.30. The van der Waals surface area contributed by atoms with Crippen molar-refractivity contribution in [1.82, 2.24) is 4.90 Å². The largest absolute Gasteiger partial charge is 0.391 e. The molecule has 1 aliphatic heterocycles. The second-order valence-electron chi connectivity index (χ2n) is 9.71. The number of likely N-dealkylation sites (tertiary alicyclic amines) is 1. The van der Waals surface area contributed by atoms with Gasteiger partial charge in [-0.25, -0.2) is 9.18 Å². The number of halogens is 2. The Balaban J connectivity index is 1.29. The van der Waals surface area contributed by atoms with Crippen LogP contribution in [-0.4, -0.2) is 40.6 Å². The van der Waals surface area contributed by atoms with Gasteiger partial charge in [0.05, 0.1) is 23.4 Å². The van der Waals surface area contributed by atoms with Crippen LogP contribution in [0.2, 0.25) is 5.02 Å². The number of hydrogen-bond acceptors (Lipinski definition) is 5. The Morgan fingerprint density at radius 3 is 2.50 bits per heavy atom. The first kappa shape index (κ1) is 25.7. The van der Waals surface area contributed by atoms with Gasteiger partial charge in [-0.05, 0) is 66.1 Å². The molecule has 0 radical (unpaired) electrons. The van der Waals surface area contributed by atoms with Gasteiger partial charge in [0.25, 0.3) is 0 Å². The number of carbonyl (C=O) groups is 2. The molecule has 38 heavy (non-hydrogen) atoms. The number of nitrogens with one attached hydrogen (secondary N) is 2. The maximum Gasteiger partial charge on any atom is 0.322 e. The van der Waals surface area contributed by atoms with Crippen molar-refractivity contribution >= 4 is 34.9 Å². The standard InChI is InChI=1S/C28H25ClFN5O3/c29-19-6-8-20(9-7-19)33-27(38)35-15-21(36)12-25(35)26(37)34-24-11-17(3-10-23(24)30)22-13-28(22,32)18-4-1-16(14-31)2-5-18/h1-11,21-22,25,36H,12-13,15,32H2,(H,33,38)(H,34,37)/t21-,22?,25-,28?/m1/s1. The topological polar surface area (TPSA) is 131 Å². The van der Waals surface area contributed by atoms with Gasteiger partial charge < -0.3 is 26.4 Å². The Kier molecular flexibility index (Phi) is 6.80. The zero-order valence-electron chi connectivity index (χ0n) is 20.2. The number of rotatable bonds is 5. The van der Waals surface area contributed by atoms with Crippen LogP contribution in [0.5, 0.6) is 0 Å². The fourth-order valence-electron chi connectivity index (χ4n) is 4.95. The van der Waals surface area contributed by atoms with Crippen LogP contribution in [0.3, 0.4) is 0 Å². The molecular weight excluding hydrogens is 509 g/mol. The second kappa shape index (κ2) is 10.1. The summed E-state index contributed by atoms with van der Waals surface area (Å²) in [4.78, 5) is 27.2. The van der Waals surface area contributed by atoms with Gasteiger partial charge in [0.2, 0.25) is 5.91 Å². The number of amides is 3. The number of hydrogen-bond donors (Lipinski definition) is 4. The average Bonchev–Trinajstić information content (AvgIpc) is 3.45. The van der Waals surface area contributed by atoms with Gasteiger partial charge in [-0.2, -0.15) is 5.26 Å². The van der Waals surface area contributed by atoms with Crippen molar-refractivity contribution < 1.29 is 19.1 Å². The van der Waals surface area contributed by atoms with E-state index in [0.717, 1.165) is 11.1 Å². The molecule has 10 heteroatoms. The quantitative estimate of drug-likeness (QED) is 0.388. The Labute approximate surface area is 223 Å². The molecule has 0 spiro atoms. The summed E-state index contributed by atoms with van der Waals surface area (Å²) >= 11 is 5.88. The van der Waals surface area contributed by atoms with E-state index < -0.39 is 35.4 Å². The van der Waals surface area contributed by atoms with Crippen LogP contribution >= 0.6 is 11.6 Å². The minimum Gasteiger partial charge on any atom is -0.391 e. The Morgan fingerprint density at radius 2 is 1.82 bits per heavy atom. The van der Waals surface area contributed by atoms with E-state index in [9.17, 15) is 19.1 Å². The first-order valence-corrected chi connectivity index (χ1v) is 12.5. The summed E-state index contributed by atoms with van der Waals surface area (Å²) in [6.45, 7) is -0.0393. The summed E-state index contributed by atoms with van der Waals surface area (Å²) in [5, 5.41) is 25.0. The number of nitrogens with two attached hydrogens (primary N) is 1. The normalized spacial score (nSPS) is 24.0. The molecular formula is C28H25ClFN5O3. The van der Waals surface area contributed by atoms with E-state index in [4.69, 9.17) is 22.6 Å². The number of nitrogens with zero attached hydrogens (tertiary/aromatic N) is 2. The fourth-order valence-corrected chi connectivity index (χ4v) is 5.08. The molecule has 1 aliphatic carbocycles. The van der Waals surface area contributed by atoms with Gasteiger partial charge in [0, 0.05) is 35.1 Å². The number of urea groups is 1. The van der Waals surface area contributed by atoms with Crippen molar-refractivity contribution in [1.29, 1.82) is 5.26 Å². The Bertz CT molecular complexity index is 1430. The number of benzene rings is 3. The van der Waals surface area contributed by atoms with Crippen LogP contribution in [0.25, 0.3) is 0 Å². The SMILES string of the molecule is N#Cc1ccc(C2(N)CC2c2ccc(F)c(NC(=O)[C@H]3C[C@@H](O)CN3C(=O)Nc3ccc(Cl)cc3)c2)cc1. The summed E-state index contributed by atoms with van der Waals surface area (Å²) in [5.41, 5.74) is 8.59. The fraction of sp³-hybridized carbons (Fsp3) is 0.250. The third kappa shape index (κ3) is 5.07. The number of β-amino-alcohol motifs (C(OH)–C–C–N with tert-alkyl or cyclic N) is 1. The highest BCUT2D eigenvalue weighted by atomic mass is 35.5. The molecule has 0 bridgehead atoms. The van der Waals surface area contributed by atoms with Crippen LogP contribution in [-0.2, 0) is 10.3 Å². The lowest BCUT2D eigenvalue weighted by molar-refractivity contribution is -0.119. The van der Waals surface area contributed by atoms with Crippen LogP contribution in [0.1, 0.15) is 35.4 Å². The van der Waals surface area contributed by atoms with E-state index in [1.807, 2.05) is 12.1 Å². The monoisotopic (exact) mass is 533 g/mol. The minimum absolute atomic E-state index is 0.0222. The van der Waals surface area contributed by atoms with Crippen molar-refractivity contribution in [3.05, 3.63) is 94.3 Å². The molecule has 2 unspecified atom stereocenters. The first-order valence-electron chi connectivity index (χ1n) is 12.1. The van der Waals surface area contributed by atoms with Crippen LogP contribution in [0.4, 0.5) is 20.6 Å². The molecule has 3 aromatic carbocycles. The smallest absolute Gasteiger partial charge is 0.322 e. The van der Waals surface area contributed by atoms with Crippen LogP contribution in [0, 0.1) is 17.1 Å². The van der Waals surface area contributed by atoms with Gasteiger partial charge in [0.15, 0.2) is 0 Å². The van der Waals surface area contributed by atoms with Gasteiger partial charge >= 0.3 is 6.03 Å². The Hall–Kier alpha value is -3.97. The molecule has 2 fully saturated rings. The summed E-state index contributed by atoms with van der Waals surface area (Å²) < 4.78 is 14.7. The lowest BCUT2D eigenvalue weighted by Crippen LogP contribution is -2.45. The Morgan fingerprint density at radius 1 is 1.11 bits per heavy atom. The van der Waals surface area contributed by atoms with E-state index in [2.05, 4.69) is 16.7 Å². The molecule has 3 aromatic rings. The number of nitriles is 1. The summed E-state index contributed by atoms with van der Waals surface area (Å²) in [6.07, 6.45) is -0.241. The predicted octanol–water partition coefficient (Wildman–Crippen LogP) is 4.30. The lowest BCUT2D eigenvalue weighted by Gasteiger charge is -2.24. The molecule has 3 amide bonds. The molecule has 4 atom stereocenters. The first-order chi connectivity index (χ1) is 18.2. The zero-order chi connectivity index (χ0) is 27.0. The van der Waals surface area contributed by atoms with Gasteiger partial charge in [-0.3, -0.25) is 4.79 Å². The van der Waals surface area contributed by atoms with Crippen LogP contribution < -0.4 is 16.4 Å². The number of anilines is 2. The summed E-state index contributed by atoms with van der Waals surface area (Å²) in [7, 11) is 0. The molecule has 0 aromatic heterocycles. The van der Waals surface area contributed by atoms with Crippen LogP contribution in [0.15, 0.2) is 66.7 Å². The molecule has 1 saturated carbocycles. The van der Waals surface area contributed by atoms with Crippen molar-refractivity contribution in [2.45, 2.75) is 36.4 Å². The van der Waals surface area contributed by atoms with Gasteiger partial charge in [-0.15, -0.1) is 0 Å². The number of aliphatic hydroxyl groups is 1. The van der Waals surface area contributed by atoms with Gasteiger partial charge in [0.1, 0.15) is 11.9 Å². The highest BCUT2D eigenvalue weighted by Crippen LogP contribution is 2.56. The van der Waals surface area contributed by atoms with E-state index in [-0.39, 0.29) is 24.6 Å². The summed E-state index contributed by atoms with van der Waals surface area (Å²) in [5.74, 6) is -1.33. The number of carbonyl (C=O) groups excluding carboxylic acids is 2. The predicted molar refractivity (Wildman–Crippen MR) is 141 cm³/mol. The van der Waals surface area contributed by atoms with Crippen molar-refractivity contribution in [2.75, 3.05) is 17.2 Å². The van der Waals surface area contributed by atoms with E-state index >= 15 is 0 Å². The van der Waals surface area contributed by atoms with Gasteiger partial charge in [-0.1, -0.05) is 29.8 Å². The third-order valence-electron chi connectivity index (χ3n) is 7.14. The minimum atomic E-state index is -0.992. The van der Waals surface area contributed by atoms with Crippen molar-refractivity contribution in [2.24, 2.45) is 5.73 Å². The second-order valence-corrected chi connectivity index (χ2v) is 10.1. The lowest BCUT2D eigenvalue weighted by atomic mass is 9.98. The molecule has 1 saturated heterocycles. The molecule has 8 nitrogen and oxygen atoms in total. The average molecular weight is 534 g/mol. The number of aliphatic hydroxyl groups excluding tert-OH is 1. The van der Waals surface area contributed by atoms with Crippen molar-refractivity contribution in [3.8, 4) is 6.07 Å². The van der Waals surface area contributed by atoms with Crippen molar-refractivity contribution in [3.63, 3.8) is 0 Å². The van der Waals surface area contributed by atoms with E-state index in [1.165, 1.54) is 11.0 Å². The maximum absolute atomic E-state index is 14.7. The molecule has 1 heterocycles. The molecule has 5 rings (SSSR count). The molecule has 2 aliphatic rings. The van der Waals surface area contributed by atoms with E-state index in [1.54, 1.807) is 48.5 Å². The molecule has 5 N–H and O–H groups in total. The maximum atomic E-state index is 14.7. The summed E-state index contributed by atoms with van der Waals surface area (Å²) in [6, 6.07) is 18.5. The zero-order valence-corrected chi connectivity index (χ0v) is 21.0. The molecule has 194 valence electrons.